The van der Waals surface area contributed by atoms with Gasteiger partial charge >= 0.3 is 0 Å². The highest BCUT2D eigenvalue weighted by Gasteiger charge is 2.33. The molecule has 0 unspecified atom stereocenters. The predicted octanol–water partition coefficient (Wildman–Crippen LogP) is 3.52. The van der Waals surface area contributed by atoms with Crippen LogP contribution in [0.25, 0.3) is 0 Å². The summed E-state index contributed by atoms with van der Waals surface area (Å²) in [6.45, 7) is 3.65. The van der Waals surface area contributed by atoms with Crippen molar-refractivity contribution in [3.8, 4) is 0 Å². The molecule has 3 aromatic carbocycles. The number of nitrogens with zero attached hydrogens (tertiary/aromatic N) is 2. The molecule has 1 atom stereocenters. The summed E-state index contributed by atoms with van der Waals surface area (Å²) in [4.78, 5) is 28.6. The number of carbonyl (C=O) groups excluding carboxylic acids is 2. The molecule has 2 amide bonds. The van der Waals surface area contributed by atoms with Gasteiger partial charge in [-0.3, -0.25) is 9.59 Å². The first kappa shape index (κ1) is 26.8. The summed E-state index contributed by atoms with van der Waals surface area (Å²) in [5.74, 6) is -0.859. The molecule has 0 spiro atoms. The Morgan fingerprint density at radius 2 is 1.36 bits per heavy atom. The summed E-state index contributed by atoms with van der Waals surface area (Å²) in [6.07, 6.45) is 2.64. The maximum atomic E-state index is 13.8. The van der Waals surface area contributed by atoms with Gasteiger partial charge in [-0.05, 0) is 16.7 Å². The lowest BCUT2D eigenvalue weighted by Crippen LogP contribution is -2.47. The minimum Gasteiger partial charge on any atom is -0.351 e. The Bertz CT molecular complexity index is 1250. The van der Waals surface area contributed by atoms with Crippen LogP contribution >= 0.6 is 0 Å². The van der Waals surface area contributed by atoms with Crippen LogP contribution in [0.3, 0.4) is 0 Å². The van der Waals surface area contributed by atoms with Gasteiger partial charge in [0.05, 0.1) is 12.8 Å². The summed E-state index contributed by atoms with van der Waals surface area (Å²) in [7, 11) is -3.72. The summed E-state index contributed by atoms with van der Waals surface area (Å²) < 4.78 is 26.4. The van der Waals surface area contributed by atoms with Crippen molar-refractivity contribution in [2.75, 3.05) is 19.3 Å². The molecule has 0 aliphatic carbocycles. The molecule has 188 valence electrons. The minimum atomic E-state index is -3.72. The van der Waals surface area contributed by atoms with Crippen LogP contribution in [0, 0.1) is 0 Å². The zero-order chi connectivity index (χ0) is 26.0. The third-order valence-corrected chi connectivity index (χ3v) is 6.79. The van der Waals surface area contributed by atoms with Gasteiger partial charge in [0.1, 0.15) is 6.04 Å². The Kier molecular flexibility index (Phi) is 9.55. The van der Waals surface area contributed by atoms with Gasteiger partial charge in [-0.25, -0.2) is 8.42 Å². The van der Waals surface area contributed by atoms with E-state index >= 15 is 0 Å². The highest BCUT2D eigenvalue weighted by atomic mass is 32.2. The Morgan fingerprint density at radius 1 is 0.861 bits per heavy atom. The number of carbonyl (C=O) groups is 2. The van der Waals surface area contributed by atoms with Crippen LogP contribution in [-0.4, -0.2) is 48.8 Å². The van der Waals surface area contributed by atoms with E-state index < -0.39 is 28.5 Å². The van der Waals surface area contributed by atoms with Gasteiger partial charge in [0.2, 0.25) is 21.8 Å². The molecule has 0 saturated carbocycles. The fourth-order valence-electron chi connectivity index (χ4n) is 3.80. The number of rotatable bonds is 12. The van der Waals surface area contributed by atoms with Crippen LogP contribution in [0.2, 0.25) is 0 Å². The zero-order valence-corrected chi connectivity index (χ0v) is 21.1. The van der Waals surface area contributed by atoms with Gasteiger partial charge in [-0.15, -0.1) is 6.58 Å². The molecule has 0 aliphatic heterocycles. The van der Waals surface area contributed by atoms with E-state index in [0.29, 0.717) is 5.56 Å². The molecule has 7 nitrogen and oxygen atoms in total. The monoisotopic (exact) mass is 505 g/mol. The average molecular weight is 506 g/mol. The second kappa shape index (κ2) is 12.8. The smallest absolute Gasteiger partial charge is 0.247 e. The quantitative estimate of drug-likeness (QED) is 0.382. The molecular weight excluding hydrogens is 474 g/mol. The van der Waals surface area contributed by atoms with Crippen molar-refractivity contribution in [2.24, 2.45) is 0 Å². The lowest BCUT2D eigenvalue weighted by Gasteiger charge is -2.33. The van der Waals surface area contributed by atoms with E-state index in [0.717, 1.165) is 21.7 Å². The number of hydrogen-bond acceptors (Lipinski definition) is 4. The van der Waals surface area contributed by atoms with E-state index in [4.69, 9.17) is 0 Å². The second-order valence-corrected chi connectivity index (χ2v) is 10.4. The van der Waals surface area contributed by atoms with Gasteiger partial charge in [-0.1, -0.05) is 97.1 Å². The van der Waals surface area contributed by atoms with Crippen molar-refractivity contribution in [2.45, 2.75) is 19.1 Å². The fourth-order valence-corrected chi connectivity index (χ4v) is 4.53. The third kappa shape index (κ3) is 7.63. The molecule has 3 rings (SSSR count). The molecule has 0 saturated heterocycles. The molecule has 8 heteroatoms. The second-order valence-electron chi connectivity index (χ2n) is 8.37. The number of sulfonamides is 1. The van der Waals surface area contributed by atoms with Gasteiger partial charge < -0.3 is 10.2 Å². The van der Waals surface area contributed by atoms with Crippen LogP contribution in [0.4, 0.5) is 0 Å². The predicted molar refractivity (Wildman–Crippen MR) is 141 cm³/mol. The van der Waals surface area contributed by atoms with E-state index in [-0.39, 0.29) is 25.5 Å². The first-order valence-electron chi connectivity index (χ1n) is 11.6. The zero-order valence-electron chi connectivity index (χ0n) is 20.3. The first-order chi connectivity index (χ1) is 17.3. The number of benzene rings is 3. The third-order valence-electron chi connectivity index (χ3n) is 5.59. The average Bonchev–Trinajstić information content (AvgIpc) is 2.88. The van der Waals surface area contributed by atoms with Crippen LogP contribution < -0.4 is 5.32 Å². The largest absolute Gasteiger partial charge is 0.351 e. The molecule has 0 radical (unpaired) electrons. The lowest BCUT2D eigenvalue weighted by atomic mass is 10.0. The highest BCUT2D eigenvalue weighted by molar-refractivity contribution is 7.88. The lowest BCUT2D eigenvalue weighted by molar-refractivity contribution is -0.141. The summed E-state index contributed by atoms with van der Waals surface area (Å²) >= 11 is 0. The summed E-state index contributed by atoms with van der Waals surface area (Å²) in [6, 6.07) is 26.4. The first-order valence-corrected chi connectivity index (χ1v) is 13.4. The Hall–Kier alpha value is -3.75. The van der Waals surface area contributed by atoms with E-state index in [1.807, 2.05) is 54.6 Å². The van der Waals surface area contributed by atoms with Crippen molar-refractivity contribution in [3.63, 3.8) is 0 Å². The van der Waals surface area contributed by atoms with E-state index in [9.17, 15) is 18.0 Å². The summed E-state index contributed by atoms with van der Waals surface area (Å²) in [5.41, 5.74) is 2.20. The number of hydrogen-bond donors (Lipinski definition) is 1. The molecule has 0 aliphatic rings. The van der Waals surface area contributed by atoms with Gasteiger partial charge in [0.25, 0.3) is 0 Å². The van der Waals surface area contributed by atoms with E-state index in [1.54, 1.807) is 42.5 Å². The number of nitrogens with one attached hydrogen (secondary N) is 1. The highest BCUT2D eigenvalue weighted by Crippen LogP contribution is 2.25. The Labute approximate surface area is 213 Å². The Balaban J connectivity index is 2.00. The van der Waals surface area contributed by atoms with Crippen LogP contribution in [0.5, 0.6) is 0 Å². The van der Waals surface area contributed by atoms with Gasteiger partial charge in [-0.2, -0.15) is 4.31 Å². The van der Waals surface area contributed by atoms with Crippen LogP contribution in [-0.2, 0) is 32.7 Å². The Morgan fingerprint density at radius 3 is 1.86 bits per heavy atom. The molecule has 0 heterocycles. The van der Waals surface area contributed by atoms with Crippen molar-refractivity contribution >= 4 is 21.8 Å². The van der Waals surface area contributed by atoms with Crippen LogP contribution in [0.15, 0.2) is 104 Å². The fraction of sp³-hybridized carbons (Fsp3) is 0.214. The maximum Gasteiger partial charge on any atom is 0.247 e. The number of amides is 2. The van der Waals surface area contributed by atoms with Crippen molar-refractivity contribution < 1.29 is 18.0 Å². The molecule has 0 fully saturated rings. The molecule has 1 N–H and O–H groups in total. The summed E-state index contributed by atoms with van der Waals surface area (Å²) in [5, 5.41) is 2.79. The SMILES string of the molecule is C=CCNC(=O)[C@@H](c1ccccc1)N(Cc1ccccc1)C(=O)CN(Cc1ccccc1)S(C)(=O)=O. The van der Waals surface area contributed by atoms with Crippen molar-refractivity contribution in [3.05, 3.63) is 120 Å². The van der Waals surface area contributed by atoms with E-state index in [2.05, 4.69) is 11.9 Å². The molecule has 0 bridgehead atoms. The van der Waals surface area contributed by atoms with Crippen LogP contribution in [0.1, 0.15) is 22.7 Å². The molecule has 3 aromatic rings. The van der Waals surface area contributed by atoms with Crippen molar-refractivity contribution in [1.82, 2.24) is 14.5 Å². The van der Waals surface area contributed by atoms with Gasteiger partial charge in [0.15, 0.2) is 0 Å². The topological polar surface area (TPSA) is 86.8 Å². The minimum absolute atomic E-state index is 0.0449. The van der Waals surface area contributed by atoms with Gasteiger partial charge in [0, 0.05) is 19.6 Å². The normalized spacial score (nSPS) is 12.1. The molecule has 36 heavy (non-hydrogen) atoms. The van der Waals surface area contributed by atoms with Crippen molar-refractivity contribution in [1.29, 1.82) is 0 Å². The molecule has 0 aromatic heterocycles. The standard InChI is InChI=1S/C28H31N3O4S/c1-3-19-29-28(33)27(25-17-11-6-12-18-25)31(21-24-15-9-5-10-16-24)26(32)22-30(36(2,34)35)20-23-13-7-4-8-14-23/h3-18,27H,1,19-22H2,2H3,(H,29,33)/t27-/m1/s1. The maximum absolute atomic E-state index is 13.8. The molecular formula is C28H31N3O4S. The van der Waals surface area contributed by atoms with E-state index in [1.165, 1.54) is 4.90 Å².